The molecule has 0 amide bonds. The maximum absolute atomic E-state index is 14.0. The molecule has 3 aromatic rings. The zero-order valence-corrected chi connectivity index (χ0v) is 12.2. The molecule has 0 saturated heterocycles. The van der Waals surface area contributed by atoms with Crippen LogP contribution in [0.4, 0.5) is 10.2 Å². The lowest BCUT2D eigenvalue weighted by atomic mass is 10.1. The van der Waals surface area contributed by atoms with Crippen molar-refractivity contribution in [3.63, 3.8) is 0 Å². The highest BCUT2D eigenvalue weighted by molar-refractivity contribution is 9.10. The van der Waals surface area contributed by atoms with Gasteiger partial charge in [-0.25, -0.2) is 9.37 Å². The van der Waals surface area contributed by atoms with Gasteiger partial charge in [0.05, 0.1) is 7.11 Å². The number of imidazole rings is 1. The Kier molecular flexibility index (Phi) is 3.10. The Morgan fingerprint density at radius 1 is 1.35 bits per heavy atom. The number of halogens is 2. The second-order valence-electron chi connectivity index (χ2n) is 4.24. The third-order valence-electron chi connectivity index (χ3n) is 3.05. The zero-order valence-electron chi connectivity index (χ0n) is 10.6. The first kappa shape index (κ1) is 12.9. The Bertz CT molecular complexity index is 800. The number of hydrogen-bond donors (Lipinski definition) is 1. The molecule has 0 aliphatic heterocycles. The molecule has 0 saturated carbocycles. The van der Waals surface area contributed by atoms with Gasteiger partial charge in [0.1, 0.15) is 17.3 Å². The SMILES string of the molecule is COc1cccn2c(N)c(-c3cc(Br)ccc3F)nc12. The molecular weight excluding hydrogens is 325 g/mol. The summed E-state index contributed by atoms with van der Waals surface area (Å²) in [6, 6.07) is 8.24. The zero-order chi connectivity index (χ0) is 14.3. The van der Waals surface area contributed by atoms with Crippen LogP contribution in [0.5, 0.6) is 5.75 Å². The molecule has 0 aliphatic carbocycles. The van der Waals surface area contributed by atoms with E-state index in [4.69, 9.17) is 10.5 Å². The van der Waals surface area contributed by atoms with E-state index in [0.717, 1.165) is 4.47 Å². The quantitative estimate of drug-likeness (QED) is 0.779. The van der Waals surface area contributed by atoms with Crippen molar-refractivity contribution in [1.82, 2.24) is 9.38 Å². The number of aromatic nitrogens is 2. The van der Waals surface area contributed by atoms with Crippen LogP contribution in [-0.4, -0.2) is 16.5 Å². The molecule has 0 fully saturated rings. The van der Waals surface area contributed by atoms with Crippen LogP contribution in [0.15, 0.2) is 41.0 Å². The van der Waals surface area contributed by atoms with Crippen molar-refractivity contribution in [3.8, 4) is 17.0 Å². The Morgan fingerprint density at radius 3 is 2.90 bits per heavy atom. The van der Waals surface area contributed by atoms with Gasteiger partial charge < -0.3 is 10.5 Å². The number of pyridine rings is 1. The van der Waals surface area contributed by atoms with Gasteiger partial charge >= 0.3 is 0 Å². The van der Waals surface area contributed by atoms with E-state index in [-0.39, 0.29) is 5.82 Å². The lowest BCUT2D eigenvalue weighted by Gasteiger charge is -2.02. The fourth-order valence-corrected chi connectivity index (χ4v) is 2.46. The third kappa shape index (κ3) is 1.92. The average molecular weight is 336 g/mol. The first-order valence-electron chi connectivity index (χ1n) is 5.88. The van der Waals surface area contributed by atoms with Crippen LogP contribution in [0.3, 0.4) is 0 Å². The molecule has 0 spiro atoms. The summed E-state index contributed by atoms with van der Waals surface area (Å²) in [6.07, 6.45) is 1.76. The van der Waals surface area contributed by atoms with Crippen LogP contribution < -0.4 is 10.5 Å². The molecule has 0 unspecified atom stereocenters. The van der Waals surface area contributed by atoms with Gasteiger partial charge in [0.2, 0.25) is 0 Å². The minimum absolute atomic E-state index is 0.350. The van der Waals surface area contributed by atoms with Gasteiger partial charge in [0, 0.05) is 16.2 Å². The monoisotopic (exact) mass is 335 g/mol. The van der Waals surface area contributed by atoms with E-state index in [9.17, 15) is 4.39 Å². The molecule has 0 aliphatic rings. The Balaban J connectivity index is 2.32. The predicted octanol–water partition coefficient (Wildman–Crippen LogP) is 3.49. The summed E-state index contributed by atoms with van der Waals surface area (Å²) in [5.41, 5.74) is 7.38. The molecule has 0 bridgehead atoms. The molecule has 2 N–H and O–H groups in total. The first-order valence-corrected chi connectivity index (χ1v) is 6.67. The first-order chi connectivity index (χ1) is 9.61. The summed E-state index contributed by atoms with van der Waals surface area (Å²) in [4.78, 5) is 4.41. The highest BCUT2D eigenvalue weighted by atomic mass is 79.9. The molecule has 102 valence electrons. The topological polar surface area (TPSA) is 52.5 Å². The summed E-state index contributed by atoms with van der Waals surface area (Å²) in [7, 11) is 1.56. The summed E-state index contributed by atoms with van der Waals surface area (Å²) < 4.78 is 21.7. The largest absolute Gasteiger partial charge is 0.493 e. The number of fused-ring (bicyclic) bond motifs is 1. The smallest absolute Gasteiger partial charge is 0.181 e. The Labute approximate surface area is 123 Å². The van der Waals surface area contributed by atoms with Gasteiger partial charge in [-0.2, -0.15) is 0 Å². The summed E-state index contributed by atoms with van der Waals surface area (Å²) in [5, 5.41) is 0. The number of nitrogen functional groups attached to an aromatic ring is 1. The fourth-order valence-electron chi connectivity index (χ4n) is 2.10. The summed E-state index contributed by atoms with van der Waals surface area (Å²) in [5.74, 6) is 0.582. The number of ether oxygens (including phenoxy) is 1. The molecule has 0 radical (unpaired) electrons. The molecular formula is C14H11BrFN3O. The summed E-state index contributed by atoms with van der Waals surface area (Å²) >= 11 is 3.32. The average Bonchev–Trinajstić information content (AvgIpc) is 2.79. The maximum Gasteiger partial charge on any atom is 0.181 e. The predicted molar refractivity (Wildman–Crippen MR) is 79.3 cm³/mol. The van der Waals surface area contributed by atoms with Crippen LogP contribution in [0.25, 0.3) is 16.9 Å². The number of hydrogen-bond acceptors (Lipinski definition) is 3. The minimum atomic E-state index is -0.373. The van der Waals surface area contributed by atoms with Gasteiger partial charge in [-0.3, -0.25) is 4.40 Å². The van der Waals surface area contributed by atoms with Crippen LogP contribution in [0.1, 0.15) is 0 Å². The number of methoxy groups -OCH3 is 1. The van der Waals surface area contributed by atoms with Gasteiger partial charge in [-0.05, 0) is 30.3 Å². The van der Waals surface area contributed by atoms with E-state index in [1.165, 1.54) is 6.07 Å². The summed E-state index contributed by atoms with van der Waals surface area (Å²) in [6.45, 7) is 0. The number of benzene rings is 1. The highest BCUT2D eigenvalue weighted by Crippen LogP contribution is 2.32. The van der Waals surface area contributed by atoms with E-state index in [1.807, 2.05) is 0 Å². The molecule has 1 aromatic carbocycles. The number of nitrogens with zero attached hydrogens (tertiary/aromatic N) is 2. The van der Waals surface area contributed by atoms with Crippen LogP contribution in [0, 0.1) is 5.82 Å². The van der Waals surface area contributed by atoms with E-state index in [0.29, 0.717) is 28.5 Å². The number of anilines is 1. The number of nitrogens with two attached hydrogens (primary N) is 1. The Hall–Kier alpha value is -2.08. The van der Waals surface area contributed by atoms with Crippen LogP contribution >= 0.6 is 15.9 Å². The van der Waals surface area contributed by atoms with Crippen molar-refractivity contribution in [1.29, 1.82) is 0 Å². The second kappa shape index (κ2) is 4.79. The minimum Gasteiger partial charge on any atom is -0.493 e. The molecule has 2 aromatic heterocycles. The van der Waals surface area contributed by atoms with Crippen molar-refractivity contribution in [2.75, 3.05) is 12.8 Å². The van der Waals surface area contributed by atoms with Crippen LogP contribution in [-0.2, 0) is 0 Å². The van der Waals surface area contributed by atoms with Crippen molar-refractivity contribution in [3.05, 3.63) is 46.8 Å². The van der Waals surface area contributed by atoms with E-state index in [2.05, 4.69) is 20.9 Å². The number of rotatable bonds is 2. The van der Waals surface area contributed by atoms with Crippen LogP contribution in [0.2, 0.25) is 0 Å². The van der Waals surface area contributed by atoms with Crippen molar-refractivity contribution in [2.45, 2.75) is 0 Å². The van der Waals surface area contributed by atoms with Crippen molar-refractivity contribution >= 4 is 27.4 Å². The lowest BCUT2D eigenvalue weighted by Crippen LogP contribution is -1.95. The van der Waals surface area contributed by atoms with E-state index < -0.39 is 0 Å². The molecule has 2 heterocycles. The standard InChI is InChI=1S/C14H11BrFN3O/c1-20-11-3-2-6-19-13(17)12(18-14(11)19)9-7-8(15)4-5-10(9)16/h2-7H,17H2,1H3. The van der Waals surface area contributed by atoms with Gasteiger partial charge in [-0.15, -0.1) is 0 Å². The van der Waals surface area contributed by atoms with Crippen molar-refractivity contribution in [2.24, 2.45) is 0 Å². The maximum atomic E-state index is 14.0. The molecule has 3 rings (SSSR count). The van der Waals surface area contributed by atoms with Gasteiger partial charge in [0.25, 0.3) is 0 Å². The van der Waals surface area contributed by atoms with Crippen molar-refractivity contribution < 1.29 is 9.13 Å². The Morgan fingerprint density at radius 2 is 2.15 bits per heavy atom. The molecule has 0 atom stereocenters. The molecule has 4 nitrogen and oxygen atoms in total. The van der Waals surface area contributed by atoms with Gasteiger partial charge in [-0.1, -0.05) is 15.9 Å². The fraction of sp³-hybridized carbons (Fsp3) is 0.0714. The molecule has 6 heteroatoms. The third-order valence-corrected chi connectivity index (χ3v) is 3.55. The van der Waals surface area contributed by atoms with Gasteiger partial charge in [0.15, 0.2) is 11.4 Å². The molecule has 20 heavy (non-hydrogen) atoms. The van der Waals surface area contributed by atoms with E-state index >= 15 is 0 Å². The highest BCUT2D eigenvalue weighted by Gasteiger charge is 2.17. The second-order valence-corrected chi connectivity index (χ2v) is 5.16. The van der Waals surface area contributed by atoms with E-state index in [1.54, 1.807) is 42.0 Å². The normalized spacial score (nSPS) is 10.9. The lowest BCUT2D eigenvalue weighted by molar-refractivity contribution is 0.417.